The third kappa shape index (κ3) is 2.36. The highest BCUT2D eigenvalue weighted by Crippen LogP contribution is 2.52. The fourth-order valence-electron chi connectivity index (χ4n) is 5.18. The molecule has 5 rings (SSSR count). The van der Waals surface area contributed by atoms with Crippen LogP contribution in [-0.4, -0.2) is 19.9 Å². The third-order valence-corrected chi connectivity index (χ3v) is 6.48. The number of nitrogens with zero attached hydrogens (tertiary/aromatic N) is 1. The summed E-state index contributed by atoms with van der Waals surface area (Å²) in [5, 5.41) is 15.6. The Labute approximate surface area is 165 Å². The first kappa shape index (κ1) is 17.2. The highest BCUT2D eigenvalue weighted by molar-refractivity contribution is 6.05. The molecular formula is C25H23NO2. The molecule has 0 radical (unpaired) electrons. The van der Waals surface area contributed by atoms with Gasteiger partial charge in [0.25, 0.3) is 0 Å². The number of benzene rings is 3. The van der Waals surface area contributed by atoms with Crippen LogP contribution in [0.2, 0.25) is 0 Å². The smallest absolute Gasteiger partial charge is 0.164 e. The number of carbonyl (C=O) groups excluding carboxylic acids is 1. The Bertz CT molecular complexity index is 1120. The van der Waals surface area contributed by atoms with Gasteiger partial charge in [0, 0.05) is 17.6 Å². The summed E-state index contributed by atoms with van der Waals surface area (Å²) in [4.78, 5) is 13.3. The number of ketones is 1. The van der Waals surface area contributed by atoms with Gasteiger partial charge in [-0.3, -0.25) is 9.28 Å². The van der Waals surface area contributed by atoms with Gasteiger partial charge >= 0.3 is 0 Å². The molecule has 0 bridgehead atoms. The van der Waals surface area contributed by atoms with E-state index in [1.165, 1.54) is 16.5 Å². The van der Waals surface area contributed by atoms with Gasteiger partial charge in [-0.2, -0.15) is 0 Å². The maximum Gasteiger partial charge on any atom is 0.164 e. The molecule has 2 aliphatic rings. The first-order valence-corrected chi connectivity index (χ1v) is 9.82. The van der Waals surface area contributed by atoms with Crippen molar-refractivity contribution in [1.29, 1.82) is 0 Å². The van der Waals surface area contributed by atoms with Crippen LogP contribution >= 0.6 is 0 Å². The number of hydrogen-bond acceptors (Lipinski definition) is 2. The predicted octanol–water partition coefficient (Wildman–Crippen LogP) is 4.22. The summed E-state index contributed by atoms with van der Waals surface area (Å²) in [7, 11) is 4.21. The van der Waals surface area contributed by atoms with E-state index in [1.54, 1.807) is 0 Å². The molecule has 1 aliphatic carbocycles. The van der Waals surface area contributed by atoms with E-state index in [0.717, 1.165) is 11.1 Å². The van der Waals surface area contributed by atoms with Crippen molar-refractivity contribution in [2.45, 2.75) is 24.8 Å². The number of allylic oxidation sites excluding steroid dienone is 1. The average molecular weight is 369 g/mol. The minimum Gasteiger partial charge on any atom is -0.875 e. The van der Waals surface area contributed by atoms with Crippen LogP contribution in [0.3, 0.4) is 0 Å². The summed E-state index contributed by atoms with van der Waals surface area (Å²) in [6.45, 7) is 0. The van der Waals surface area contributed by atoms with Gasteiger partial charge in [-0.1, -0.05) is 60.7 Å². The molecule has 0 fully saturated rings. The third-order valence-electron chi connectivity index (χ3n) is 6.48. The lowest BCUT2D eigenvalue weighted by Crippen LogP contribution is -2.45. The molecule has 140 valence electrons. The molecule has 3 aromatic rings. The summed E-state index contributed by atoms with van der Waals surface area (Å²) in [6.07, 6.45) is 0.821. The molecule has 1 aliphatic heterocycles. The fourth-order valence-corrected chi connectivity index (χ4v) is 5.18. The van der Waals surface area contributed by atoms with Crippen LogP contribution < -0.4 is 9.59 Å². The number of carbonyl (C=O) groups is 1. The van der Waals surface area contributed by atoms with Crippen molar-refractivity contribution < 1.29 is 9.90 Å². The average Bonchev–Trinajstić information content (AvgIpc) is 2.92. The van der Waals surface area contributed by atoms with Gasteiger partial charge in [0.1, 0.15) is 11.7 Å². The Morgan fingerprint density at radius 2 is 1.61 bits per heavy atom. The second-order valence-electron chi connectivity index (χ2n) is 8.44. The van der Waals surface area contributed by atoms with E-state index in [9.17, 15) is 9.90 Å². The van der Waals surface area contributed by atoms with Crippen molar-refractivity contribution in [3.8, 4) is 0 Å². The Morgan fingerprint density at radius 3 is 2.32 bits per heavy atom. The van der Waals surface area contributed by atoms with E-state index >= 15 is 0 Å². The van der Waals surface area contributed by atoms with Crippen LogP contribution in [0.15, 0.2) is 78.1 Å². The van der Waals surface area contributed by atoms with Gasteiger partial charge in [-0.05, 0) is 29.4 Å². The van der Waals surface area contributed by atoms with E-state index in [0.29, 0.717) is 22.9 Å². The topological polar surface area (TPSA) is 40.1 Å². The van der Waals surface area contributed by atoms with Crippen LogP contribution in [-0.2, 0) is 4.79 Å². The van der Waals surface area contributed by atoms with Gasteiger partial charge in [-0.15, -0.1) is 5.76 Å². The van der Waals surface area contributed by atoms with Crippen molar-refractivity contribution in [3.05, 3.63) is 89.2 Å². The molecule has 0 saturated heterocycles. The summed E-state index contributed by atoms with van der Waals surface area (Å²) < 4.78 is 0.513. The van der Waals surface area contributed by atoms with Gasteiger partial charge in [0.15, 0.2) is 5.78 Å². The molecule has 1 heterocycles. The number of rotatable bonds is 2. The Morgan fingerprint density at radius 1 is 0.893 bits per heavy atom. The van der Waals surface area contributed by atoms with Crippen molar-refractivity contribution in [3.63, 3.8) is 0 Å². The molecule has 0 N–H and O–H groups in total. The quantitative estimate of drug-likeness (QED) is 0.635. The zero-order chi connectivity index (χ0) is 19.5. The Balaban J connectivity index is 1.64. The second-order valence-corrected chi connectivity index (χ2v) is 8.44. The number of likely N-dealkylation sites (N-methyl/N-ethyl adjacent to an activating group) is 1. The lowest BCUT2D eigenvalue weighted by atomic mass is 9.79. The second kappa shape index (κ2) is 6.05. The van der Waals surface area contributed by atoms with Crippen molar-refractivity contribution in [1.82, 2.24) is 4.48 Å². The molecule has 3 aromatic carbocycles. The highest BCUT2D eigenvalue weighted by atomic mass is 16.3. The summed E-state index contributed by atoms with van der Waals surface area (Å²) in [5.41, 5.74) is 3.85. The highest BCUT2D eigenvalue weighted by Gasteiger charge is 2.46. The van der Waals surface area contributed by atoms with Crippen LogP contribution in [0, 0.1) is 0 Å². The first-order valence-electron chi connectivity index (χ1n) is 9.82. The van der Waals surface area contributed by atoms with E-state index in [-0.39, 0.29) is 23.5 Å². The summed E-state index contributed by atoms with van der Waals surface area (Å²) in [6, 6.07) is 22.2. The van der Waals surface area contributed by atoms with E-state index in [4.69, 9.17) is 0 Å². The van der Waals surface area contributed by atoms with Crippen LogP contribution in [0.4, 0.5) is 5.69 Å². The van der Waals surface area contributed by atoms with E-state index in [2.05, 4.69) is 44.4 Å². The predicted molar refractivity (Wildman–Crippen MR) is 111 cm³/mol. The zero-order valence-corrected chi connectivity index (χ0v) is 16.2. The van der Waals surface area contributed by atoms with Gasteiger partial charge in [0.2, 0.25) is 0 Å². The van der Waals surface area contributed by atoms with Gasteiger partial charge < -0.3 is 5.11 Å². The minimum atomic E-state index is -0.224. The zero-order valence-electron chi connectivity index (χ0n) is 16.2. The first-order chi connectivity index (χ1) is 13.5. The normalized spacial score (nSPS) is 23.4. The Kier molecular flexibility index (Phi) is 3.72. The molecule has 3 heteroatoms. The number of hydrogen-bond donors (Lipinski definition) is 0. The molecule has 0 saturated carbocycles. The van der Waals surface area contributed by atoms with Crippen molar-refractivity contribution in [2.75, 3.05) is 14.1 Å². The lowest BCUT2D eigenvalue weighted by Gasteiger charge is -2.39. The monoisotopic (exact) mass is 369 g/mol. The molecule has 0 amide bonds. The van der Waals surface area contributed by atoms with E-state index in [1.807, 2.05) is 36.4 Å². The standard InChI is InChI=1S/C25H23NO2/c1-26(2)20-13-7-11-17-10-6-12-19(23(17)20)25(26)24-21(27)14-18(15-22(24)28)16-8-4-3-5-9-16/h3-13,18,25H,14-15H2,1-2H3/t25-/m0/s1. The molecule has 3 nitrogen and oxygen atoms in total. The van der Waals surface area contributed by atoms with Crippen molar-refractivity contribution in [2.24, 2.45) is 0 Å². The lowest BCUT2D eigenvalue weighted by molar-refractivity contribution is -0.310. The molecule has 0 aromatic heterocycles. The maximum absolute atomic E-state index is 13.3. The van der Waals surface area contributed by atoms with Gasteiger partial charge in [-0.25, -0.2) is 0 Å². The van der Waals surface area contributed by atoms with Crippen molar-refractivity contribution >= 4 is 22.2 Å². The largest absolute Gasteiger partial charge is 0.875 e. The number of Topliss-reactive ketones (excluding diaryl/α,β-unsaturated/α-hetero) is 1. The SMILES string of the molecule is C[N+]1(C)c2cccc3cccc(c23)[C@H]1C1=C([O-])CC(c2ccccc2)CC1=O. The molecule has 2 atom stereocenters. The maximum atomic E-state index is 13.3. The minimum absolute atomic E-state index is 0.00566. The summed E-state index contributed by atoms with van der Waals surface area (Å²) in [5.74, 6) is -0.00245. The molecular weight excluding hydrogens is 346 g/mol. The molecule has 1 unspecified atom stereocenters. The Hall–Kier alpha value is -2.91. The molecule has 0 spiro atoms. The summed E-state index contributed by atoms with van der Waals surface area (Å²) >= 11 is 0. The van der Waals surface area contributed by atoms with E-state index < -0.39 is 0 Å². The number of quaternary nitrogens is 1. The van der Waals surface area contributed by atoms with Crippen LogP contribution in [0.1, 0.15) is 35.9 Å². The van der Waals surface area contributed by atoms with Crippen LogP contribution in [0.25, 0.3) is 10.8 Å². The van der Waals surface area contributed by atoms with Crippen LogP contribution in [0.5, 0.6) is 0 Å². The molecule has 28 heavy (non-hydrogen) atoms. The van der Waals surface area contributed by atoms with Gasteiger partial charge in [0.05, 0.1) is 19.5 Å². The fraction of sp³-hybridized carbons (Fsp3) is 0.240.